The molecule has 0 aliphatic heterocycles. The van der Waals surface area contributed by atoms with Gasteiger partial charge < -0.3 is 4.74 Å². The Labute approximate surface area is 193 Å². The predicted octanol–water partition coefficient (Wildman–Crippen LogP) is 6.92. The molecule has 0 aliphatic rings. The fourth-order valence-corrected chi connectivity index (χ4v) is 8.91. The van der Waals surface area contributed by atoms with Crippen LogP contribution in [0.15, 0.2) is 126 Å². The monoisotopic (exact) mass is 458 g/mol. The molecule has 1 nitrogen and oxygen atoms in total. The Morgan fingerprint density at radius 1 is 0.710 bits per heavy atom. The van der Waals surface area contributed by atoms with Gasteiger partial charge in [0.2, 0.25) is 0 Å². The quantitative estimate of drug-likeness (QED) is 0.220. The molecule has 0 saturated carbocycles. The molecule has 0 aliphatic carbocycles. The van der Waals surface area contributed by atoms with E-state index in [1.807, 2.05) is 30.3 Å². The summed E-state index contributed by atoms with van der Waals surface area (Å²) in [6.45, 7) is 0. The van der Waals surface area contributed by atoms with Crippen LogP contribution in [0.1, 0.15) is 5.56 Å². The molecule has 0 heterocycles. The molecule has 0 saturated heterocycles. The lowest BCUT2D eigenvalue weighted by Crippen LogP contribution is -2.17. The Morgan fingerprint density at radius 2 is 1.19 bits per heavy atom. The second kappa shape index (κ2) is 10.2. The van der Waals surface area contributed by atoms with Crippen molar-refractivity contribution in [3.8, 4) is 5.75 Å². The molecule has 0 amide bonds. The van der Waals surface area contributed by atoms with Crippen LogP contribution in [0.4, 0.5) is 0 Å². The first-order chi connectivity index (χ1) is 15.2. The lowest BCUT2D eigenvalue weighted by molar-refractivity contribution is 0.414. The Balaban J connectivity index is 1.98. The first-order valence-corrected chi connectivity index (χ1v) is 13.7. The van der Waals surface area contributed by atoms with Gasteiger partial charge in [-0.3, -0.25) is 0 Å². The fraction of sp³-hybridized carbons (Fsp3) is 0.0370. The number of ether oxygens (including phenoxy) is 1. The molecule has 0 bridgehead atoms. The van der Waals surface area contributed by atoms with Crippen molar-refractivity contribution in [2.75, 3.05) is 7.11 Å². The summed E-state index contributed by atoms with van der Waals surface area (Å²) in [5, 5.41) is 5.70. The number of hydrogen-bond donors (Lipinski definition) is 0. The lowest BCUT2D eigenvalue weighted by Gasteiger charge is -2.28. The van der Waals surface area contributed by atoms with E-state index in [9.17, 15) is 0 Å². The smallest absolute Gasteiger partial charge is 0.126 e. The summed E-state index contributed by atoms with van der Waals surface area (Å²) in [6.07, 6.45) is 0. The molecule has 0 radical (unpaired) electrons. The largest absolute Gasteiger partial charge is 0.496 e. The highest BCUT2D eigenvalue weighted by atomic mass is 32.4. The minimum absolute atomic E-state index is 0.837. The van der Waals surface area contributed by atoms with E-state index in [1.165, 1.54) is 15.5 Å². The third-order valence-corrected chi connectivity index (χ3v) is 11.0. The van der Waals surface area contributed by atoms with Crippen LogP contribution in [0.25, 0.3) is 5.31 Å². The Kier molecular flexibility index (Phi) is 7.09. The second-order valence-corrected chi connectivity index (χ2v) is 12.2. The van der Waals surface area contributed by atoms with Crippen molar-refractivity contribution in [2.24, 2.45) is 0 Å². The molecule has 0 atom stereocenters. The number of para-hydroxylation sites is 1. The van der Waals surface area contributed by atoms with Crippen molar-refractivity contribution in [3.63, 3.8) is 0 Å². The maximum Gasteiger partial charge on any atom is 0.126 e. The highest BCUT2D eigenvalue weighted by Crippen LogP contribution is 2.59. The van der Waals surface area contributed by atoms with Gasteiger partial charge in [-0.05, 0) is 34.2 Å². The summed E-state index contributed by atoms with van der Waals surface area (Å²) in [5.41, 5.74) is 1.05. The van der Waals surface area contributed by atoms with Crippen LogP contribution in [0.2, 0.25) is 0 Å². The maximum atomic E-state index is 6.64. The van der Waals surface area contributed by atoms with Crippen molar-refractivity contribution in [2.45, 2.75) is 4.90 Å². The molecule has 0 aromatic heterocycles. The van der Waals surface area contributed by atoms with E-state index in [-0.39, 0.29) is 0 Å². The van der Waals surface area contributed by atoms with Crippen molar-refractivity contribution in [1.29, 1.82) is 0 Å². The molecule has 154 valence electrons. The first-order valence-electron chi connectivity index (χ1n) is 10.0. The average Bonchev–Trinajstić information content (AvgIpc) is 2.86. The molecule has 31 heavy (non-hydrogen) atoms. The molecule has 4 aromatic rings. The summed E-state index contributed by atoms with van der Waals surface area (Å²) < 4.78 is 5.77. The first kappa shape index (κ1) is 21.6. The van der Waals surface area contributed by atoms with Crippen LogP contribution in [0.5, 0.6) is 5.75 Å². The number of benzene rings is 4. The third-order valence-electron chi connectivity index (χ3n) is 5.01. The molecule has 0 spiro atoms. The zero-order valence-corrected chi connectivity index (χ0v) is 19.7. The molecule has 0 N–H and O–H groups in total. The van der Waals surface area contributed by atoms with Gasteiger partial charge >= 0.3 is 0 Å². The summed E-state index contributed by atoms with van der Waals surface area (Å²) in [5.74, 6) is 0.837. The Hall–Kier alpha value is -2.58. The van der Waals surface area contributed by atoms with Gasteiger partial charge in [-0.15, -0.1) is 0 Å². The molecule has 0 unspecified atom stereocenters. The van der Waals surface area contributed by atoms with E-state index in [0.717, 1.165) is 16.6 Å². The van der Waals surface area contributed by atoms with Gasteiger partial charge in [0.25, 0.3) is 0 Å². The zero-order valence-electron chi connectivity index (χ0n) is 17.2. The fourth-order valence-electron chi connectivity index (χ4n) is 3.49. The highest BCUT2D eigenvalue weighted by Gasteiger charge is 2.29. The van der Waals surface area contributed by atoms with Gasteiger partial charge in [-0.2, -0.15) is 0 Å². The van der Waals surface area contributed by atoms with E-state index < -0.39 is 6.04 Å². The summed E-state index contributed by atoms with van der Waals surface area (Å²) in [7, 11) is 1.72. The molecular weight excluding hydrogens is 435 g/mol. The van der Waals surface area contributed by atoms with Gasteiger partial charge in [0.1, 0.15) is 5.75 Å². The maximum absolute atomic E-state index is 6.64. The van der Waals surface area contributed by atoms with E-state index in [1.54, 1.807) is 18.9 Å². The Morgan fingerprint density at radius 3 is 1.74 bits per heavy atom. The van der Waals surface area contributed by atoms with E-state index in [2.05, 4.69) is 90.3 Å². The summed E-state index contributed by atoms with van der Waals surface area (Å²) >= 11 is 8.34. The van der Waals surface area contributed by atoms with Gasteiger partial charge in [0.15, 0.2) is 0 Å². The summed E-state index contributed by atoms with van der Waals surface area (Å²) in [4.78, 5) is 1.18. The standard InChI is InChI=1S/C27H23OPS2/c1-28-26-20-12-11-19-25(26)27(21-31-24-17-9-4-10-18-24)29(30,22-13-5-2-6-14-22)23-15-7-3-8-16-23/h2-21H,1H3/b27-21+. The van der Waals surface area contributed by atoms with Crippen molar-refractivity contribution in [1.82, 2.24) is 0 Å². The van der Waals surface area contributed by atoms with Crippen LogP contribution in [0.3, 0.4) is 0 Å². The van der Waals surface area contributed by atoms with Gasteiger partial charge in [-0.25, -0.2) is 0 Å². The molecule has 4 aromatic carbocycles. The third kappa shape index (κ3) is 4.70. The van der Waals surface area contributed by atoms with E-state index in [4.69, 9.17) is 16.5 Å². The van der Waals surface area contributed by atoms with Crippen LogP contribution >= 0.6 is 17.8 Å². The lowest BCUT2D eigenvalue weighted by atomic mass is 10.2. The van der Waals surface area contributed by atoms with Crippen LogP contribution in [-0.4, -0.2) is 7.11 Å². The summed E-state index contributed by atoms with van der Waals surface area (Å²) in [6, 6.07) is 37.2. The zero-order chi connectivity index (χ0) is 21.5. The number of thioether (sulfide) groups is 1. The number of methoxy groups -OCH3 is 1. The number of hydrogen-bond acceptors (Lipinski definition) is 3. The van der Waals surface area contributed by atoms with Crippen molar-refractivity contribution < 1.29 is 4.74 Å². The van der Waals surface area contributed by atoms with E-state index in [0.29, 0.717) is 0 Å². The van der Waals surface area contributed by atoms with Crippen molar-refractivity contribution in [3.05, 3.63) is 126 Å². The molecule has 4 rings (SSSR count). The van der Waals surface area contributed by atoms with Crippen LogP contribution < -0.4 is 15.3 Å². The predicted molar refractivity (Wildman–Crippen MR) is 140 cm³/mol. The Bertz CT molecular complexity index is 1160. The number of rotatable bonds is 7. The molecule has 0 fully saturated rings. The van der Waals surface area contributed by atoms with Crippen molar-refractivity contribution >= 4 is 45.5 Å². The average molecular weight is 459 g/mol. The topological polar surface area (TPSA) is 9.23 Å². The molecule has 4 heteroatoms. The SMILES string of the molecule is COc1ccccc1/C(=C\Sc1ccccc1)P(=S)(c1ccccc1)c1ccccc1. The minimum Gasteiger partial charge on any atom is -0.496 e. The normalized spacial score (nSPS) is 11.8. The van der Waals surface area contributed by atoms with Gasteiger partial charge in [0.05, 0.1) is 7.11 Å². The van der Waals surface area contributed by atoms with Crippen LogP contribution in [0, 0.1) is 0 Å². The van der Waals surface area contributed by atoms with Crippen LogP contribution in [-0.2, 0) is 11.8 Å². The van der Waals surface area contributed by atoms with Gasteiger partial charge in [-0.1, -0.05) is 121 Å². The second-order valence-electron chi connectivity index (χ2n) is 6.91. The highest BCUT2D eigenvalue weighted by molar-refractivity contribution is 8.27. The van der Waals surface area contributed by atoms with E-state index >= 15 is 0 Å². The minimum atomic E-state index is -2.34. The van der Waals surface area contributed by atoms with Gasteiger partial charge in [0, 0.05) is 21.8 Å². The molecular formula is C27H23OPS2.